The van der Waals surface area contributed by atoms with Crippen LogP contribution in [0.3, 0.4) is 0 Å². The van der Waals surface area contributed by atoms with Gasteiger partial charge in [-0.15, -0.1) is 0 Å². The van der Waals surface area contributed by atoms with Crippen molar-refractivity contribution in [3.8, 4) is 5.75 Å². The predicted molar refractivity (Wildman–Crippen MR) is 67.7 cm³/mol. The second-order valence-corrected chi connectivity index (χ2v) is 4.35. The summed E-state index contributed by atoms with van der Waals surface area (Å²) >= 11 is 0. The molecule has 0 atom stereocenters. The number of benzene rings is 1. The van der Waals surface area contributed by atoms with Crippen LogP contribution in [0.5, 0.6) is 5.75 Å². The van der Waals surface area contributed by atoms with E-state index in [1.54, 1.807) is 7.05 Å². The number of carbonyl (C=O) groups excluding carboxylic acids is 1. The average molecular weight is 308 g/mol. The van der Waals surface area contributed by atoms with Crippen LogP contribution >= 0.6 is 0 Å². The van der Waals surface area contributed by atoms with Gasteiger partial charge in [0.2, 0.25) is 17.5 Å². The fraction of sp³-hybridized carbons (Fsp3) is 0.462. The second kappa shape index (κ2) is 7.82. The van der Waals surface area contributed by atoms with Gasteiger partial charge in [-0.2, -0.15) is 8.78 Å². The molecule has 0 heterocycles. The highest BCUT2D eigenvalue weighted by molar-refractivity contribution is 5.75. The first-order valence-electron chi connectivity index (χ1n) is 6.28. The Hall–Kier alpha value is -1.83. The van der Waals surface area contributed by atoms with Crippen LogP contribution in [-0.2, 0) is 4.79 Å². The molecule has 0 saturated carbocycles. The molecule has 1 rings (SSSR count). The molecule has 21 heavy (non-hydrogen) atoms. The van der Waals surface area contributed by atoms with E-state index in [1.165, 1.54) is 4.90 Å². The van der Waals surface area contributed by atoms with Crippen LogP contribution in [0.15, 0.2) is 6.07 Å². The summed E-state index contributed by atoms with van der Waals surface area (Å²) in [5, 5.41) is 0. The maximum atomic E-state index is 13.3. The SMILES string of the molecule is CN(CCCN)C(=O)CCOc1c(F)c(F)cc(F)c1F. The molecule has 1 amide bonds. The van der Waals surface area contributed by atoms with Gasteiger partial charge in [0, 0.05) is 19.7 Å². The molecule has 1 aromatic rings. The van der Waals surface area contributed by atoms with E-state index in [9.17, 15) is 22.4 Å². The molecule has 0 aliphatic rings. The predicted octanol–water partition coefficient (Wildman–Crippen LogP) is 1.82. The number of amides is 1. The van der Waals surface area contributed by atoms with Crippen LogP contribution in [0, 0.1) is 23.3 Å². The first-order valence-corrected chi connectivity index (χ1v) is 6.28. The Bertz CT molecular complexity index is 485. The van der Waals surface area contributed by atoms with Gasteiger partial charge in [0.25, 0.3) is 0 Å². The Kier molecular flexibility index (Phi) is 6.41. The van der Waals surface area contributed by atoms with Crippen molar-refractivity contribution >= 4 is 5.91 Å². The summed E-state index contributed by atoms with van der Waals surface area (Å²) in [6, 6.07) is 0.0866. The molecule has 0 aliphatic carbocycles. The van der Waals surface area contributed by atoms with E-state index in [0.29, 0.717) is 19.5 Å². The molecular weight excluding hydrogens is 292 g/mol. The second-order valence-electron chi connectivity index (χ2n) is 4.35. The van der Waals surface area contributed by atoms with Crippen LogP contribution in [0.4, 0.5) is 17.6 Å². The molecule has 0 aliphatic heterocycles. The summed E-state index contributed by atoms with van der Waals surface area (Å²) in [6.07, 6.45) is 0.430. The summed E-state index contributed by atoms with van der Waals surface area (Å²) in [5.74, 6) is -7.87. The Morgan fingerprint density at radius 1 is 1.24 bits per heavy atom. The Morgan fingerprint density at radius 3 is 2.33 bits per heavy atom. The molecule has 0 radical (unpaired) electrons. The molecule has 0 spiro atoms. The molecule has 8 heteroatoms. The van der Waals surface area contributed by atoms with Crippen LogP contribution in [0.25, 0.3) is 0 Å². The van der Waals surface area contributed by atoms with Gasteiger partial charge >= 0.3 is 0 Å². The maximum Gasteiger partial charge on any atom is 0.225 e. The Labute approximate surface area is 119 Å². The average Bonchev–Trinajstić information content (AvgIpc) is 2.45. The molecule has 0 fully saturated rings. The van der Waals surface area contributed by atoms with Gasteiger partial charge in [0.1, 0.15) is 0 Å². The zero-order valence-electron chi connectivity index (χ0n) is 11.5. The molecule has 0 unspecified atom stereocenters. The number of hydrogen-bond donors (Lipinski definition) is 1. The number of rotatable bonds is 7. The number of hydrogen-bond acceptors (Lipinski definition) is 3. The van der Waals surface area contributed by atoms with Gasteiger partial charge in [-0.05, 0) is 13.0 Å². The largest absolute Gasteiger partial charge is 0.487 e. The van der Waals surface area contributed by atoms with Crippen molar-refractivity contribution in [1.29, 1.82) is 0 Å². The van der Waals surface area contributed by atoms with E-state index in [4.69, 9.17) is 5.73 Å². The van der Waals surface area contributed by atoms with Gasteiger partial charge in [0.15, 0.2) is 17.4 Å². The van der Waals surface area contributed by atoms with Crippen molar-refractivity contribution in [1.82, 2.24) is 4.90 Å². The van der Waals surface area contributed by atoms with Crippen LogP contribution in [-0.4, -0.2) is 37.6 Å². The zero-order valence-corrected chi connectivity index (χ0v) is 11.5. The van der Waals surface area contributed by atoms with Crippen molar-refractivity contribution in [3.05, 3.63) is 29.3 Å². The Balaban J connectivity index is 2.59. The quantitative estimate of drug-likeness (QED) is 0.617. The lowest BCUT2D eigenvalue weighted by Gasteiger charge is -2.17. The third kappa shape index (κ3) is 4.59. The number of carbonyl (C=O) groups is 1. The molecule has 2 N–H and O–H groups in total. The molecule has 0 bridgehead atoms. The van der Waals surface area contributed by atoms with Crippen molar-refractivity contribution in [2.24, 2.45) is 5.73 Å². The lowest BCUT2D eigenvalue weighted by atomic mass is 10.3. The monoisotopic (exact) mass is 308 g/mol. The minimum Gasteiger partial charge on any atom is -0.487 e. The molecule has 1 aromatic carbocycles. The van der Waals surface area contributed by atoms with Crippen LogP contribution in [0.2, 0.25) is 0 Å². The first-order chi connectivity index (χ1) is 9.88. The molecular formula is C13H16F4N2O2. The minimum absolute atomic E-state index is 0.0866. The van der Waals surface area contributed by atoms with Gasteiger partial charge in [-0.25, -0.2) is 8.78 Å². The summed E-state index contributed by atoms with van der Waals surface area (Å²) in [4.78, 5) is 13.0. The van der Waals surface area contributed by atoms with Gasteiger partial charge in [-0.1, -0.05) is 0 Å². The van der Waals surface area contributed by atoms with Gasteiger partial charge < -0.3 is 15.4 Å². The van der Waals surface area contributed by atoms with E-state index in [0.717, 1.165) is 0 Å². The summed E-state index contributed by atoms with van der Waals surface area (Å²) < 4.78 is 57.1. The molecule has 0 aromatic heterocycles. The highest BCUT2D eigenvalue weighted by atomic mass is 19.2. The topological polar surface area (TPSA) is 55.6 Å². The zero-order chi connectivity index (χ0) is 16.0. The number of nitrogens with zero attached hydrogens (tertiary/aromatic N) is 1. The molecule has 4 nitrogen and oxygen atoms in total. The highest BCUT2D eigenvalue weighted by Gasteiger charge is 2.21. The standard InChI is InChI=1S/C13H16F4N2O2/c1-19(5-2-4-18)10(20)3-6-21-13-11(16)8(14)7-9(15)12(13)17/h7H,2-6,18H2,1H3. The normalized spacial score (nSPS) is 10.6. The summed E-state index contributed by atoms with van der Waals surface area (Å²) in [5.41, 5.74) is 5.30. The lowest BCUT2D eigenvalue weighted by Crippen LogP contribution is -2.30. The van der Waals surface area contributed by atoms with E-state index in [2.05, 4.69) is 4.74 Å². The van der Waals surface area contributed by atoms with Crippen molar-refractivity contribution < 1.29 is 27.1 Å². The third-order valence-electron chi connectivity index (χ3n) is 2.76. The van der Waals surface area contributed by atoms with E-state index in [-0.39, 0.29) is 18.4 Å². The minimum atomic E-state index is -1.63. The fourth-order valence-corrected chi connectivity index (χ4v) is 1.56. The molecule has 0 saturated heterocycles. The van der Waals surface area contributed by atoms with E-state index in [1.807, 2.05) is 0 Å². The highest BCUT2D eigenvalue weighted by Crippen LogP contribution is 2.26. The van der Waals surface area contributed by atoms with E-state index >= 15 is 0 Å². The van der Waals surface area contributed by atoms with Gasteiger partial charge in [-0.3, -0.25) is 4.79 Å². The van der Waals surface area contributed by atoms with Crippen LogP contribution < -0.4 is 10.5 Å². The van der Waals surface area contributed by atoms with Crippen molar-refractivity contribution in [2.75, 3.05) is 26.7 Å². The Morgan fingerprint density at radius 2 is 1.81 bits per heavy atom. The van der Waals surface area contributed by atoms with E-state index < -0.39 is 35.6 Å². The number of halogens is 4. The maximum absolute atomic E-state index is 13.3. The molecule has 118 valence electrons. The van der Waals surface area contributed by atoms with Crippen molar-refractivity contribution in [3.63, 3.8) is 0 Å². The first kappa shape index (κ1) is 17.2. The number of ether oxygens (including phenoxy) is 1. The van der Waals surface area contributed by atoms with Gasteiger partial charge in [0.05, 0.1) is 13.0 Å². The lowest BCUT2D eigenvalue weighted by molar-refractivity contribution is -0.130. The number of nitrogens with two attached hydrogens (primary N) is 1. The fourth-order valence-electron chi connectivity index (χ4n) is 1.56. The summed E-state index contributed by atoms with van der Waals surface area (Å²) in [7, 11) is 1.54. The van der Waals surface area contributed by atoms with Crippen LogP contribution in [0.1, 0.15) is 12.8 Å². The third-order valence-corrected chi connectivity index (χ3v) is 2.76. The van der Waals surface area contributed by atoms with Crippen molar-refractivity contribution in [2.45, 2.75) is 12.8 Å². The smallest absolute Gasteiger partial charge is 0.225 e. The summed E-state index contributed by atoms with van der Waals surface area (Å²) in [6.45, 7) is 0.461.